The Balaban J connectivity index is 2.67. The third kappa shape index (κ3) is 1.71. The van der Waals surface area contributed by atoms with Crippen molar-refractivity contribution in [3.63, 3.8) is 0 Å². The van der Waals surface area contributed by atoms with Crippen LogP contribution in [0.3, 0.4) is 0 Å². The summed E-state index contributed by atoms with van der Waals surface area (Å²) in [7, 11) is 1.99. The number of hydrogen-bond donors (Lipinski definition) is 1. The van der Waals surface area contributed by atoms with E-state index in [-0.39, 0.29) is 6.04 Å². The van der Waals surface area contributed by atoms with Crippen LogP contribution in [0.2, 0.25) is 0 Å². The normalized spacial score (nSPS) is 13.6. The summed E-state index contributed by atoms with van der Waals surface area (Å²) in [5.41, 5.74) is 9.38. The van der Waals surface area contributed by atoms with Crippen molar-refractivity contribution in [2.45, 2.75) is 32.7 Å². The average molecular weight is 217 g/mol. The second-order valence-corrected chi connectivity index (χ2v) is 4.73. The van der Waals surface area contributed by atoms with Crippen molar-refractivity contribution in [3.8, 4) is 0 Å². The average Bonchev–Trinajstić information content (AvgIpc) is 2.56. The van der Waals surface area contributed by atoms with E-state index in [0.717, 1.165) is 11.3 Å². The number of hydrogen-bond acceptors (Lipinski definition) is 2. The summed E-state index contributed by atoms with van der Waals surface area (Å²) < 4.78 is 1.94. The molecule has 86 valence electrons. The quantitative estimate of drug-likeness (QED) is 0.840. The Morgan fingerprint density at radius 2 is 1.94 bits per heavy atom. The fraction of sp³-hybridized carbons (Fsp3) is 0.462. The number of fused-ring (bicyclic) bond motifs is 1. The Morgan fingerprint density at radius 3 is 2.50 bits per heavy atom. The molecule has 0 aliphatic rings. The van der Waals surface area contributed by atoms with E-state index in [1.807, 2.05) is 18.7 Å². The van der Waals surface area contributed by atoms with Gasteiger partial charge in [0.1, 0.15) is 0 Å². The summed E-state index contributed by atoms with van der Waals surface area (Å²) in [6, 6.07) is 6.44. The molecule has 3 nitrogen and oxygen atoms in total. The first kappa shape index (κ1) is 11.1. The zero-order valence-corrected chi connectivity index (χ0v) is 10.4. The fourth-order valence-electron chi connectivity index (χ4n) is 2.01. The van der Waals surface area contributed by atoms with E-state index in [0.29, 0.717) is 5.92 Å². The van der Waals surface area contributed by atoms with E-state index in [1.165, 1.54) is 10.9 Å². The molecule has 1 atom stereocenters. The maximum Gasteiger partial charge on any atom is 0.0728 e. The van der Waals surface area contributed by atoms with Crippen molar-refractivity contribution in [3.05, 3.63) is 29.5 Å². The standard InChI is InChI=1S/C13H19N3/c1-8(2)13-11-6-5-10(9(3)14)7-12(11)16(4)15-13/h5-9H,14H2,1-4H3. The molecule has 2 N–H and O–H groups in total. The first-order chi connectivity index (χ1) is 7.50. The van der Waals surface area contributed by atoms with Crippen molar-refractivity contribution in [2.24, 2.45) is 12.8 Å². The Kier molecular flexibility index (Phi) is 2.72. The van der Waals surface area contributed by atoms with Gasteiger partial charge in [-0.25, -0.2) is 0 Å². The molecule has 1 aromatic carbocycles. The van der Waals surface area contributed by atoms with Crippen LogP contribution in [-0.2, 0) is 7.05 Å². The minimum absolute atomic E-state index is 0.0711. The lowest BCUT2D eigenvalue weighted by Gasteiger charge is -2.06. The van der Waals surface area contributed by atoms with Gasteiger partial charge in [0.05, 0.1) is 11.2 Å². The maximum atomic E-state index is 5.89. The lowest BCUT2D eigenvalue weighted by Crippen LogP contribution is -2.04. The van der Waals surface area contributed by atoms with Crippen LogP contribution < -0.4 is 5.73 Å². The van der Waals surface area contributed by atoms with Crippen LogP contribution in [0.15, 0.2) is 18.2 Å². The van der Waals surface area contributed by atoms with Gasteiger partial charge in [-0.3, -0.25) is 4.68 Å². The predicted molar refractivity (Wildman–Crippen MR) is 67.4 cm³/mol. The summed E-state index contributed by atoms with van der Waals surface area (Å²) >= 11 is 0. The molecular weight excluding hydrogens is 198 g/mol. The number of benzene rings is 1. The van der Waals surface area contributed by atoms with E-state index in [4.69, 9.17) is 5.73 Å². The largest absolute Gasteiger partial charge is 0.324 e. The smallest absolute Gasteiger partial charge is 0.0728 e. The Hall–Kier alpha value is -1.35. The summed E-state index contributed by atoms with van der Waals surface area (Å²) in [4.78, 5) is 0. The molecule has 1 aromatic heterocycles. The monoisotopic (exact) mass is 217 g/mol. The van der Waals surface area contributed by atoms with Gasteiger partial charge in [0.25, 0.3) is 0 Å². The highest BCUT2D eigenvalue weighted by molar-refractivity contribution is 5.83. The van der Waals surface area contributed by atoms with E-state index < -0.39 is 0 Å². The van der Waals surface area contributed by atoms with Gasteiger partial charge >= 0.3 is 0 Å². The lowest BCUT2D eigenvalue weighted by molar-refractivity contribution is 0.728. The van der Waals surface area contributed by atoms with E-state index >= 15 is 0 Å². The topological polar surface area (TPSA) is 43.8 Å². The highest BCUT2D eigenvalue weighted by atomic mass is 15.3. The molecule has 1 unspecified atom stereocenters. The molecular formula is C13H19N3. The van der Waals surface area contributed by atoms with Crippen molar-refractivity contribution in [1.82, 2.24) is 9.78 Å². The van der Waals surface area contributed by atoms with Gasteiger partial charge < -0.3 is 5.73 Å². The molecule has 0 amide bonds. The van der Waals surface area contributed by atoms with Crippen LogP contribution in [0.4, 0.5) is 0 Å². The fourth-order valence-corrected chi connectivity index (χ4v) is 2.01. The molecule has 0 aliphatic heterocycles. The molecule has 16 heavy (non-hydrogen) atoms. The summed E-state index contributed by atoms with van der Waals surface area (Å²) in [6.45, 7) is 6.34. The first-order valence-corrected chi connectivity index (χ1v) is 5.73. The highest BCUT2D eigenvalue weighted by Gasteiger charge is 2.12. The van der Waals surface area contributed by atoms with Gasteiger partial charge in [0, 0.05) is 18.5 Å². The molecule has 0 saturated heterocycles. The second-order valence-electron chi connectivity index (χ2n) is 4.73. The lowest BCUT2D eigenvalue weighted by atomic mass is 10.0. The van der Waals surface area contributed by atoms with Crippen LogP contribution in [-0.4, -0.2) is 9.78 Å². The van der Waals surface area contributed by atoms with Crippen LogP contribution >= 0.6 is 0 Å². The Morgan fingerprint density at radius 1 is 1.25 bits per heavy atom. The van der Waals surface area contributed by atoms with Crippen molar-refractivity contribution in [2.75, 3.05) is 0 Å². The highest BCUT2D eigenvalue weighted by Crippen LogP contribution is 2.26. The van der Waals surface area contributed by atoms with E-state index in [9.17, 15) is 0 Å². The second kappa shape index (κ2) is 3.91. The van der Waals surface area contributed by atoms with Crippen molar-refractivity contribution < 1.29 is 0 Å². The molecule has 2 aromatic rings. The van der Waals surface area contributed by atoms with E-state index in [2.05, 4.69) is 37.1 Å². The molecule has 1 heterocycles. The number of aryl methyl sites for hydroxylation is 1. The Labute approximate surface area is 96.2 Å². The molecule has 0 radical (unpaired) electrons. The van der Waals surface area contributed by atoms with Gasteiger partial charge in [-0.2, -0.15) is 5.10 Å². The van der Waals surface area contributed by atoms with Gasteiger partial charge in [-0.05, 0) is 24.5 Å². The SMILES string of the molecule is CC(C)c1nn(C)c2cc(C(C)N)ccc12. The number of nitrogens with two attached hydrogens (primary N) is 1. The zero-order valence-electron chi connectivity index (χ0n) is 10.4. The first-order valence-electron chi connectivity index (χ1n) is 5.73. The molecule has 0 aliphatic carbocycles. The van der Waals surface area contributed by atoms with Crippen LogP contribution in [0, 0.1) is 0 Å². The van der Waals surface area contributed by atoms with Crippen LogP contribution in [0.5, 0.6) is 0 Å². The van der Waals surface area contributed by atoms with Gasteiger partial charge in [0.15, 0.2) is 0 Å². The zero-order chi connectivity index (χ0) is 11.9. The predicted octanol–water partition coefficient (Wildman–Crippen LogP) is 2.72. The number of aromatic nitrogens is 2. The minimum atomic E-state index is 0.0711. The minimum Gasteiger partial charge on any atom is -0.324 e. The van der Waals surface area contributed by atoms with Crippen LogP contribution in [0.1, 0.15) is 44.0 Å². The molecule has 3 heteroatoms. The van der Waals surface area contributed by atoms with Gasteiger partial charge in [-0.15, -0.1) is 0 Å². The summed E-state index contributed by atoms with van der Waals surface area (Å²) in [5.74, 6) is 0.449. The van der Waals surface area contributed by atoms with E-state index in [1.54, 1.807) is 0 Å². The molecule has 0 bridgehead atoms. The molecule has 2 rings (SSSR count). The number of nitrogens with zero attached hydrogens (tertiary/aromatic N) is 2. The number of rotatable bonds is 2. The third-order valence-corrected chi connectivity index (χ3v) is 2.98. The third-order valence-electron chi connectivity index (χ3n) is 2.98. The van der Waals surface area contributed by atoms with Crippen molar-refractivity contribution >= 4 is 10.9 Å². The molecule has 0 fully saturated rings. The molecule has 0 spiro atoms. The maximum absolute atomic E-state index is 5.89. The van der Waals surface area contributed by atoms with Crippen molar-refractivity contribution in [1.29, 1.82) is 0 Å². The van der Waals surface area contributed by atoms with Gasteiger partial charge in [-0.1, -0.05) is 26.0 Å². The van der Waals surface area contributed by atoms with Crippen LogP contribution in [0.25, 0.3) is 10.9 Å². The summed E-state index contributed by atoms with van der Waals surface area (Å²) in [5, 5.41) is 5.80. The van der Waals surface area contributed by atoms with Gasteiger partial charge in [0.2, 0.25) is 0 Å². The molecule has 0 saturated carbocycles. The summed E-state index contributed by atoms with van der Waals surface area (Å²) in [6.07, 6.45) is 0. The Bertz CT molecular complexity index is 509.